The van der Waals surface area contributed by atoms with Crippen LogP contribution in [0.1, 0.15) is 26.7 Å². The zero-order chi connectivity index (χ0) is 14.1. The van der Waals surface area contributed by atoms with Gasteiger partial charge < -0.3 is 9.53 Å². The molecule has 0 aliphatic heterocycles. The van der Waals surface area contributed by atoms with Crippen LogP contribution in [-0.4, -0.2) is 35.7 Å². The molecule has 0 saturated heterocycles. The number of alkyl halides is 1. The first kappa shape index (κ1) is 16.8. The largest absolute Gasteiger partial charge is 0.466 e. The van der Waals surface area contributed by atoms with Gasteiger partial charge in [0.05, 0.1) is 6.61 Å². The van der Waals surface area contributed by atoms with Crippen LogP contribution in [0.3, 0.4) is 0 Å². The molecule has 0 rings (SSSR count). The van der Waals surface area contributed by atoms with Gasteiger partial charge in [-0.25, -0.2) is 0 Å². The molecule has 0 bridgehead atoms. The third-order valence-corrected chi connectivity index (χ3v) is 2.99. The molecular formula is C11H18ClNO5. The fourth-order valence-corrected chi connectivity index (χ4v) is 1.90. The highest BCUT2D eigenvalue weighted by atomic mass is 35.5. The molecule has 0 aliphatic rings. The molecule has 0 saturated carbocycles. The Kier molecular flexibility index (Phi) is 8.28. The molecule has 6 nitrogen and oxygen atoms in total. The molecule has 0 fully saturated rings. The van der Waals surface area contributed by atoms with Crippen molar-refractivity contribution in [2.75, 3.05) is 12.5 Å². The summed E-state index contributed by atoms with van der Waals surface area (Å²) in [5, 5.41) is 10.8. The zero-order valence-electron chi connectivity index (χ0n) is 10.5. The predicted molar refractivity (Wildman–Crippen MR) is 66.1 cm³/mol. The summed E-state index contributed by atoms with van der Waals surface area (Å²) in [6.07, 6.45) is 1.44. The Balaban J connectivity index is 4.97. The van der Waals surface area contributed by atoms with Gasteiger partial charge in [-0.05, 0) is 19.8 Å². The van der Waals surface area contributed by atoms with Gasteiger partial charge in [-0.2, -0.15) is 0 Å². The van der Waals surface area contributed by atoms with E-state index in [0.29, 0.717) is 25.0 Å². The van der Waals surface area contributed by atoms with Crippen LogP contribution in [0.15, 0.2) is 0 Å². The van der Waals surface area contributed by atoms with E-state index in [0.717, 1.165) is 0 Å². The van der Waals surface area contributed by atoms with Crippen molar-refractivity contribution in [1.29, 1.82) is 0 Å². The first-order valence-electron chi connectivity index (χ1n) is 5.80. The maximum Gasteiger partial charge on any atom is 0.316 e. The number of nitrogens with zero attached hydrogens (tertiary/aromatic N) is 1. The average molecular weight is 280 g/mol. The van der Waals surface area contributed by atoms with Gasteiger partial charge in [0.25, 0.3) is 0 Å². The Morgan fingerprint density at radius 2 is 2.17 bits per heavy atom. The fourth-order valence-electron chi connectivity index (χ4n) is 1.74. The molecule has 0 aromatic heterocycles. The molecule has 0 heterocycles. The summed E-state index contributed by atoms with van der Waals surface area (Å²) in [6, 6.07) is -1.16. The summed E-state index contributed by atoms with van der Waals surface area (Å²) >= 11 is 5.52. The van der Waals surface area contributed by atoms with Gasteiger partial charge in [0.2, 0.25) is 6.04 Å². The molecule has 0 spiro atoms. The van der Waals surface area contributed by atoms with E-state index in [9.17, 15) is 19.7 Å². The van der Waals surface area contributed by atoms with Gasteiger partial charge in [-0.15, -0.1) is 11.6 Å². The van der Waals surface area contributed by atoms with Crippen LogP contribution in [-0.2, 0) is 14.3 Å². The molecule has 0 unspecified atom stereocenters. The molecular weight excluding hydrogens is 262 g/mol. The smallest absolute Gasteiger partial charge is 0.316 e. The van der Waals surface area contributed by atoms with Crippen molar-refractivity contribution in [2.24, 2.45) is 11.8 Å². The topological polar surface area (TPSA) is 86.5 Å². The number of halogens is 1. The van der Waals surface area contributed by atoms with Crippen molar-refractivity contribution in [1.82, 2.24) is 0 Å². The SMILES string of the molecule is CCOC(=O)[C@H]([C@H](C=O)CCCCl)[C@@H](C)[N+](=O)[O-]. The van der Waals surface area contributed by atoms with Crippen LogP contribution in [0.4, 0.5) is 0 Å². The maximum absolute atomic E-state index is 11.7. The van der Waals surface area contributed by atoms with Crippen molar-refractivity contribution in [2.45, 2.75) is 32.7 Å². The summed E-state index contributed by atoms with van der Waals surface area (Å²) in [5.41, 5.74) is 0. The molecule has 0 aromatic rings. The van der Waals surface area contributed by atoms with Gasteiger partial charge in [0, 0.05) is 23.6 Å². The van der Waals surface area contributed by atoms with Crippen molar-refractivity contribution in [3.63, 3.8) is 0 Å². The normalized spacial score (nSPS) is 15.5. The highest BCUT2D eigenvalue weighted by Crippen LogP contribution is 2.23. The van der Waals surface area contributed by atoms with Crippen LogP contribution in [0.5, 0.6) is 0 Å². The number of aldehydes is 1. The number of nitro groups is 1. The van der Waals surface area contributed by atoms with Crippen molar-refractivity contribution in [3.8, 4) is 0 Å². The Morgan fingerprint density at radius 1 is 1.56 bits per heavy atom. The van der Waals surface area contributed by atoms with Crippen LogP contribution in [0.2, 0.25) is 0 Å². The van der Waals surface area contributed by atoms with Crippen LogP contribution >= 0.6 is 11.6 Å². The lowest BCUT2D eigenvalue weighted by Gasteiger charge is -2.21. The number of carbonyl (C=O) groups excluding carboxylic acids is 2. The van der Waals surface area contributed by atoms with E-state index in [1.54, 1.807) is 6.92 Å². The lowest BCUT2D eigenvalue weighted by molar-refractivity contribution is -0.526. The summed E-state index contributed by atoms with van der Waals surface area (Å²) in [4.78, 5) is 33.0. The Labute approximate surface area is 111 Å². The van der Waals surface area contributed by atoms with Gasteiger partial charge >= 0.3 is 5.97 Å². The van der Waals surface area contributed by atoms with Crippen LogP contribution < -0.4 is 0 Å². The Hall–Kier alpha value is -1.17. The van der Waals surface area contributed by atoms with Crippen LogP contribution in [0, 0.1) is 22.0 Å². The Morgan fingerprint density at radius 3 is 2.56 bits per heavy atom. The van der Waals surface area contributed by atoms with E-state index < -0.39 is 28.8 Å². The molecule has 0 amide bonds. The van der Waals surface area contributed by atoms with Gasteiger partial charge in [0.15, 0.2) is 0 Å². The summed E-state index contributed by atoms with van der Waals surface area (Å²) < 4.78 is 4.80. The number of hydrogen-bond donors (Lipinski definition) is 0. The molecule has 104 valence electrons. The second-order valence-corrected chi connectivity index (χ2v) is 4.31. The first-order valence-corrected chi connectivity index (χ1v) is 6.34. The van der Waals surface area contributed by atoms with E-state index in [4.69, 9.17) is 16.3 Å². The summed E-state index contributed by atoms with van der Waals surface area (Å²) in [6.45, 7) is 3.04. The molecule has 0 radical (unpaired) electrons. The maximum atomic E-state index is 11.7. The summed E-state index contributed by atoms with van der Waals surface area (Å²) in [7, 11) is 0. The minimum atomic E-state index is -1.16. The van der Waals surface area contributed by atoms with Crippen molar-refractivity contribution in [3.05, 3.63) is 10.1 Å². The average Bonchev–Trinajstić information content (AvgIpc) is 2.33. The molecule has 0 aliphatic carbocycles. The molecule has 0 N–H and O–H groups in total. The molecule has 18 heavy (non-hydrogen) atoms. The third-order valence-electron chi connectivity index (χ3n) is 2.72. The highest BCUT2D eigenvalue weighted by Gasteiger charge is 2.40. The van der Waals surface area contributed by atoms with Gasteiger partial charge in [-0.1, -0.05) is 0 Å². The second kappa shape index (κ2) is 8.85. The monoisotopic (exact) mass is 279 g/mol. The van der Waals surface area contributed by atoms with E-state index in [-0.39, 0.29) is 6.61 Å². The number of esters is 1. The first-order chi connectivity index (χ1) is 8.49. The number of carbonyl (C=O) groups is 2. The van der Waals surface area contributed by atoms with E-state index in [1.165, 1.54) is 6.92 Å². The van der Waals surface area contributed by atoms with Gasteiger partial charge in [0.1, 0.15) is 12.2 Å². The molecule has 0 aromatic carbocycles. The number of rotatable bonds is 9. The third kappa shape index (κ3) is 5.00. The highest BCUT2D eigenvalue weighted by molar-refractivity contribution is 6.17. The van der Waals surface area contributed by atoms with Crippen molar-refractivity contribution < 1.29 is 19.2 Å². The minimum absolute atomic E-state index is 0.126. The van der Waals surface area contributed by atoms with E-state index in [2.05, 4.69) is 0 Å². The summed E-state index contributed by atoms with van der Waals surface area (Å²) in [5.74, 6) is -2.15. The molecule has 7 heteroatoms. The number of hydrogen-bond acceptors (Lipinski definition) is 5. The second-order valence-electron chi connectivity index (χ2n) is 3.93. The quantitative estimate of drug-likeness (QED) is 0.211. The lowest BCUT2D eigenvalue weighted by atomic mass is 9.85. The standard InChI is InChI=1S/C11H18ClNO5/c1-3-18-11(15)10(8(2)13(16)17)9(7-14)5-4-6-12/h7-10H,3-6H2,1-2H3/t8-,9+,10+/m1/s1. The predicted octanol–water partition coefficient (Wildman–Crippen LogP) is 1.66. The molecule has 3 atom stereocenters. The van der Waals surface area contributed by atoms with Crippen LogP contribution in [0.25, 0.3) is 0 Å². The van der Waals surface area contributed by atoms with E-state index in [1.807, 2.05) is 0 Å². The van der Waals surface area contributed by atoms with Crippen molar-refractivity contribution >= 4 is 23.9 Å². The van der Waals surface area contributed by atoms with Gasteiger partial charge in [-0.3, -0.25) is 14.9 Å². The zero-order valence-corrected chi connectivity index (χ0v) is 11.3. The Bertz CT molecular complexity index is 297. The fraction of sp³-hybridized carbons (Fsp3) is 0.818. The number of ether oxygens (including phenoxy) is 1. The minimum Gasteiger partial charge on any atom is -0.466 e. The lowest BCUT2D eigenvalue weighted by Crippen LogP contribution is -2.39. The van der Waals surface area contributed by atoms with E-state index >= 15 is 0 Å².